The maximum Gasteiger partial charge on any atom is 0.360 e. The highest BCUT2D eigenvalue weighted by Crippen LogP contribution is 2.03. The Balaban J connectivity index is 2.04. The van der Waals surface area contributed by atoms with Gasteiger partial charge in [-0.1, -0.05) is 18.6 Å². The van der Waals surface area contributed by atoms with Gasteiger partial charge < -0.3 is 4.74 Å². The van der Waals surface area contributed by atoms with E-state index in [0.29, 0.717) is 12.4 Å². The van der Waals surface area contributed by atoms with Crippen LogP contribution in [0.1, 0.15) is 30.3 Å². The lowest BCUT2D eigenvalue weighted by Gasteiger charge is -1.99. The fraction of sp³-hybridized carbons (Fsp3) is 0.364. The minimum atomic E-state index is -0.474. The van der Waals surface area contributed by atoms with Crippen molar-refractivity contribution in [1.29, 1.82) is 0 Å². The van der Waals surface area contributed by atoms with Crippen LogP contribution in [0.15, 0.2) is 24.5 Å². The molecule has 0 spiro atoms. The van der Waals surface area contributed by atoms with Crippen molar-refractivity contribution in [3.05, 3.63) is 30.2 Å². The van der Waals surface area contributed by atoms with Gasteiger partial charge in [0.25, 0.3) is 0 Å². The predicted molar refractivity (Wildman–Crippen MR) is 62.1 cm³/mol. The van der Waals surface area contributed by atoms with Crippen molar-refractivity contribution < 1.29 is 9.53 Å². The molecule has 0 atom stereocenters. The molecule has 18 heavy (non-hydrogen) atoms. The molecule has 0 aliphatic rings. The number of hydrogen-bond acceptors (Lipinski definition) is 6. The highest BCUT2D eigenvalue weighted by atomic mass is 16.5. The fourth-order valence-corrected chi connectivity index (χ4v) is 1.27. The smallest absolute Gasteiger partial charge is 0.360 e. The summed E-state index contributed by atoms with van der Waals surface area (Å²) in [6.45, 7) is 2.42. The first-order valence-corrected chi connectivity index (χ1v) is 5.69. The molecule has 0 bridgehead atoms. The van der Waals surface area contributed by atoms with Crippen LogP contribution in [-0.2, 0) is 4.74 Å². The van der Waals surface area contributed by atoms with E-state index in [2.05, 4.69) is 20.5 Å². The van der Waals surface area contributed by atoms with Crippen LogP contribution in [0.2, 0.25) is 0 Å². The predicted octanol–water partition coefficient (Wildman–Crippen LogP) is 1.01. The molecule has 7 heteroatoms. The number of ether oxygens (including phenoxy) is 1. The second-order valence-corrected chi connectivity index (χ2v) is 3.62. The molecule has 0 radical (unpaired) electrons. The number of esters is 1. The lowest BCUT2D eigenvalue weighted by molar-refractivity contribution is 0.0492. The minimum absolute atomic E-state index is 0.164. The highest BCUT2D eigenvalue weighted by Gasteiger charge is 2.13. The van der Waals surface area contributed by atoms with Gasteiger partial charge in [0.2, 0.25) is 0 Å². The van der Waals surface area contributed by atoms with Gasteiger partial charge >= 0.3 is 5.97 Å². The molecule has 0 aromatic carbocycles. The van der Waals surface area contributed by atoms with Crippen LogP contribution >= 0.6 is 0 Å². The number of unbranched alkanes of at least 4 members (excludes halogenated alkanes) is 1. The minimum Gasteiger partial charge on any atom is -0.461 e. The third-order valence-corrected chi connectivity index (χ3v) is 2.23. The van der Waals surface area contributed by atoms with E-state index in [1.807, 2.05) is 6.92 Å². The molecule has 7 nitrogen and oxygen atoms in total. The molecular weight excluding hydrogens is 234 g/mol. The van der Waals surface area contributed by atoms with Crippen molar-refractivity contribution in [1.82, 2.24) is 25.2 Å². The first-order valence-electron chi connectivity index (χ1n) is 5.69. The van der Waals surface area contributed by atoms with Gasteiger partial charge in [-0.3, -0.25) is 0 Å². The standard InChI is InChI=1S/C11H13N5O2/c1-2-3-7-18-11(17)9-8-16(15-13-9)10-5-4-6-12-14-10/h4-6,8H,2-3,7H2,1H3. The molecule has 0 saturated heterocycles. The van der Waals surface area contributed by atoms with Crippen LogP contribution in [0.5, 0.6) is 0 Å². The van der Waals surface area contributed by atoms with E-state index in [4.69, 9.17) is 4.74 Å². The summed E-state index contributed by atoms with van der Waals surface area (Å²) in [5.41, 5.74) is 0.164. The lowest BCUT2D eigenvalue weighted by Crippen LogP contribution is -2.06. The highest BCUT2D eigenvalue weighted by molar-refractivity contribution is 5.86. The number of carbonyl (C=O) groups is 1. The van der Waals surface area contributed by atoms with Crippen molar-refractivity contribution in [3.8, 4) is 5.82 Å². The van der Waals surface area contributed by atoms with E-state index in [-0.39, 0.29) is 5.69 Å². The van der Waals surface area contributed by atoms with Crippen molar-refractivity contribution >= 4 is 5.97 Å². The summed E-state index contributed by atoms with van der Waals surface area (Å²) in [6, 6.07) is 3.44. The second kappa shape index (κ2) is 5.85. The summed E-state index contributed by atoms with van der Waals surface area (Å²) in [6.07, 6.45) is 4.84. The molecule has 0 unspecified atom stereocenters. The van der Waals surface area contributed by atoms with Crippen molar-refractivity contribution in [2.75, 3.05) is 6.61 Å². The zero-order chi connectivity index (χ0) is 12.8. The molecule has 0 aliphatic carbocycles. The van der Waals surface area contributed by atoms with E-state index < -0.39 is 5.97 Å². The normalized spacial score (nSPS) is 10.3. The summed E-state index contributed by atoms with van der Waals surface area (Å²) >= 11 is 0. The Morgan fingerprint density at radius 1 is 1.44 bits per heavy atom. The van der Waals surface area contributed by atoms with Gasteiger partial charge in [-0.2, -0.15) is 9.78 Å². The molecule has 0 saturated carbocycles. The molecule has 0 fully saturated rings. The van der Waals surface area contributed by atoms with E-state index in [9.17, 15) is 4.79 Å². The number of nitrogens with zero attached hydrogens (tertiary/aromatic N) is 5. The van der Waals surface area contributed by atoms with Gasteiger partial charge in [-0.25, -0.2) is 4.79 Å². The van der Waals surface area contributed by atoms with Crippen LogP contribution in [0.4, 0.5) is 0 Å². The Labute approximate surface area is 104 Å². The van der Waals surface area contributed by atoms with Gasteiger partial charge in [0.15, 0.2) is 11.5 Å². The molecule has 2 heterocycles. The van der Waals surface area contributed by atoms with E-state index in [1.54, 1.807) is 18.3 Å². The van der Waals surface area contributed by atoms with Crippen molar-refractivity contribution in [2.45, 2.75) is 19.8 Å². The van der Waals surface area contributed by atoms with E-state index in [0.717, 1.165) is 12.8 Å². The van der Waals surface area contributed by atoms with Crippen molar-refractivity contribution in [2.24, 2.45) is 0 Å². The van der Waals surface area contributed by atoms with Crippen LogP contribution in [-0.4, -0.2) is 37.8 Å². The van der Waals surface area contributed by atoms with E-state index >= 15 is 0 Å². The topological polar surface area (TPSA) is 82.8 Å². The Hall–Kier alpha value is -2.31. The monoisotopic (exact) mass is 247 g/mol. The average molecular weight is 247 g/mol. The SMILES string of the molecule is CCCCOC(=O)c1cn(-c2cccnn2)nn1. The maximum atomic E-state index is 11.6. The zero-order valence-electron chi connectivity index (χ0n) is 9.98. The Bertz CT molecular complexity index is 511. The quantitative estimate of drug-likeness (QED) is 0.579. The number of hydrogen-bond donors (Lipinski definition) is 0. The molecule has 2 aromatic rings. The van der Waals surface area contributed by atoms with Gasteiger partial charge in [0.1, 0.15) is 0 Å². The largest absolute Gasteiger partial charge is 0.461 e. The Morgan fingerprint density at radius 2 is 2.33 bits per heavy atom. The fourth-order valence-electron chi connectivity index (χ4n) is 1.27. The number of carbonyl (C=O) groups excluding carboxylic acids is 1. The van der Waals surface area contributed by atoms with Crippen LogP contribution in [0, 0.1) is 0 Å². The molecule has 94 valence electrons. The van der Waals surface area contributed by atoms with Gasteiger partial charge in [-0.15, -0.1) is 10.2 Å². The zero-order valence-corrected chi connectivity index (χ0v) is 9.98. The molecule has 2 rings (SSSR count). The third-order valence-electron chi connectivity index (χ3n) is 2.23. The van der Waals surface area contributed by atoms with Gasteiger partial charge in [0.05, 0.1) is 12.8 Å². The summed E-state index contributed by atoms with van der Waals surface area (Å²) in [7, 11) is 0. The maximum absolute atomic E-state index is 11.6. The van der Waals surface area contributed by atoms with Crippen molar-refractivity contribution in [3.63, 3.8) is 0 Å². The first-order chi connectivity index (χ1) is 8.81. The summed E-state index contributed by atoms with van der Waals surface area (Å²) in [5.74, 6) is 0.0243. The molecule has 0 amide bonds. The summed E-state index contributed by atoms with van der Waals surface area (Å²) < 4.78 is 6.41. The lowest BCUT2D eigenvalue weighted by atomic mass is 10.4. The van der Waals surface area contributed by atoms with Crippen LogP contribution in [0.25, 0.3) is 5.82 Å². The second-order valence-electron chi connectivity index (χ2n) is 3.62. The van der Waals surface area contributed by atoms with Crippen LogP contribution in [0.3, 0.4) is 0 Å². The Kier molecular flexibility index (Phi) is 3.95. The molecule has 0 N–H and O–H groups in total. The van der Waals surface area contributed by atoms with Crippen LogP contribution < -0.4 is 0 Å². The average Bonchev–Trinajstić information content (AvgIpc) is 2.89. The number of aromatic nitrogens is 5. The molecule has 0 aliphatic heterocycles. The van der Waals surface area contributed by atoms with E-state index in [1.165, 1.54) is 10.9 Å². The molecule has 2 aromatic heterocycles. The van der Waals surface area contributed by atoms with Gasteiger partial charge in [-0.05, 0) is 18.6 Å². The van der Waals surface area contributed by atoms with Gasteiger partial charge in [0, 0.05) is 6.20 Å². The first kappa shape index (κ1) is 12.2. The summed E-state index contributed by atoms with van der Waals surface area (Å²) in [5, 5.41) is 15.1. The summed E-state index contributed by atoms with van der Waals surface area (Å²) in [4.78, 5) is 11.6. The third kappa shape index (κ3) is 2.88. The molecular formula is C11H13N5O2. The number of rotatable bonds is 5. The Morgan fingerprint density at radius 3 is 3.06 bits per heavy atom.